The molecule has 3 nitrogen and oxygen atoms in total. The predicted octanol–water partition coefficient (Wildman–Crippen LogP) is 2.88. The average Bonchev–Trinajstić information content (AvgIpc) is 2.17. The smallest absolute Gasteiger partial charge is 0.340 e. The zero-order valence-corrected chi connectivity index (χ0v) is 9.54. The minimum absolute atomic E-state index is 0.104. The number of esters is 1. The molecule has 82 valence electrons. The molecule has 0 saturated carbocycles. The van der Waals surface area contributed by atoms with Gasteiger partial charge in [-0.2, -0.15) is 0 Å². The fraction of sp³-hybridized carbons (Fsp3) is 0.364. The molecule has 0 aliphatic carbocycles. The Hall–Kier alpha value is -1.22. The van der Waals surface area contributed by atoms with Crippen LogP contribution in [-0.2, 0) is 4.74 Å². The van der Waals surface area contributed by atoms with Crippen LogP contribution in [-0.4, -0.2) is 12.1 Å². The predicted molar refractivity (Wildman–Crippen MR) is 61.0 cm³/mol. The first-order valence-electron chi connectivity index (χ1n) is 4.80. The number of nitrogens with two attached hydrogens (primary N) is 1. The van der Waals surface area contributed by atoms with Crippen LogP contribution in [0.1, 0.15) is 30.6 Å². The summed E-state index contributed by atoms with van der Waals surface area (Å²) in [5, 5.41) is 0.507. The second-order valence-corrected chi connectivity index (χ2v) is 3.79. The SMILES string of the molecule is CC[C@@H](C)OC(=O)c1ccc(Cl)cc1N. The van der Waals surface area contributed by atoms with Gasteiger partial charge in [0.1, 0.15) is 0 Å². The van der Waals surface area contributed by atoms with Crippen molar-refractivity contribution in [3.8, 4) is 0 Å². The number of hydrogen-bond donors (Lipinski definition) is 1. The van der Waals surface area contributed by atoms with Crippen molar-refractivity contribution in [1.82, 2.24) is 0 Å². The summed E-state index contributed by atoms with van der Waals surface area (Å²) in [7, 11) is 0. The van der Waals surface area contributed by atoms with Gasteiger partial charge in [0.25, 0.3) is 0 Å². The van der Waals surface area contributed by atoms with Crippen LogP contribution < -0.4 is 5.73 Å². The third kappa shape index (κ3) is 3.13. The standard InChI is InChI=1S/C11H14ClNO2/c1-3-7(2)15-11(14)9-5-4-8(12)6-10(9)13/h4-7H,3,13H2,1-2H3/t7-/m1/s1. The molecule has 15 heavy (non-hydrogen) atoms. The first-order valence-corrected chi connectivity index (χ1v) is 5.18. The van der Waals surface area contributed by atoms with Crippen molar-refractivity contribution < 1.29 is 9.53 Å². The van der Waals surface area contributed by atoms with E-state index in [9.17, 15) is 4.79 Å². The van der Waals surface area contributed by atoms with Gasteiger partial charge in [-0.05, 0) is 31.5 Å². The Kier molecular flexibility index (Phi) is 3.97. The van der Waals surface area contributed by atoms with Crippen LogP contribution in [0.3, 0.4) is 0 Å². The number of nitrogen functional groups attached to an aromatic ring is 1. The van der Waals surface area contributed by atoms with Crippen LogP contribution in [0.15, 0.2) is 18.2 Å². The summed E-state index contributed by atoms with van der Waals surface area (Å²) in [6, 6.07) is 4.72. The molecule has 1 aromatic carbocycles. The third-order valence-corrected chi connectivity index (χ3v) is 2.35. The fourth-order valence-corrected chi connectivity index (χ4v) is 1.23. The van der Waals surface area contributed by atoms with Crippen molar-refractivity contribution in [2.24, 2.45) is 0 Å². The highest BCUT2D eigenvalue weighted by atomic mass is 35.5. The Labute approximate surface area is 94.2 Å². The molecular formula is C11H14ClNO2. The first-order chi connectivity index (χ1) is 7.04. The van der Waals surface area contributed by atoms with E-state index in [1.54, 1.807) is 12.1 Å². The number of anilines is 1. The van der Waals surface area contributed by atoms with Gasteiger partial charge in [0, 0.05) is 10.7 Å². The lowest BCUT2D eigenvalue weighted by molar-refractivity contribution is 0.0336. The van der Waals surface area contributed by atoms with E-state index in [4.69, 9.17) is 22.1 Å². The topological polar surface area (TPSA) is 52.3 Å². The summed E-state index contributed by atoms with van der Waals surface area (Å²) in [5.41, 5.74) is 6.36. The van der Waals surface area contributed by atoms with E-state index < -0.39 is 5.97 Å². The molecule has 0 fully saturated rings. The van der Waals surface area contributed by atoms with Crippen LogP contribution in [0.2, 0.25) is 5.02 Å². The molecule has 0 aromatic heterocycles. The zero-order valence-electron chi connectivity index (χ0n) is 8.79. The van der Waals surface area contributed by atoms with Gasteiger partial charge in [-0.15, -0.1) is 0 Å². The molecule has 0 aliphatic heterocycles. The van der Waals surface area contributed by atoms with Crippen LogP contribution in [0.5, 0.6) is 0 Å². The highest BCUT2D eigenvalue weighted by Crippen LogP contribution is 2.19. The van der Waals surface area contributed by atoms with Crippen molar-refractivity contribution in [3.05, 3.63) is 28.8 Å². The number of hydrogen-bond acceptors (Lipinski definition) is 3. The van der Waals surface area contributed by atoms with Gasteiger partial charge in [-0.1, -0.05) is 18.5 Å². The molecule has 0 bridgehead atoms. The molecule has 0 unspecified atom stereocenters. The largest absolute Gasteiger partial charge is 0.459 e. The van der Waals surface area contributed by atoms with E-state index in [-0.39, 0.29) is 6.10 Å². The number of carbonyl (C=O) groups is 1. The number of carbonyl (C=O) groups excluding carboxylic acids is 1. The summed E-state index contributed by atoms with van der Waals surface area (Å²) in [6.45, 7) is 3.78. The van der Waals surface area contributed by atoms with Crippen LogP contribution >= 0.6 is 11.6 Å². The minimum Gasteiger partial charge on any atom is -0.459 e. The second kappa shape index (κ2) is 5.03. The second-order valence-electron chi connectivity index (χ2n) is 3.36. The summed E-state index contributed by atoms with van der Waals surface area (Å²) in [6.07, 6.45) is 0.673. The number of benzene rings is 1. The van der Waals surface area contributed by atoms with Gasteiger partial charge < -0.3 is 10.5 Å². The highest BCUT2D eigenvalue weighted by molar-refractivity contribution is 6.31. The fourth-order valence-electron chi connectivity index (χ4n) is 1.05. The molecule has 0 heterocycles. The third-order valence-electron chi connectivity index (χ3n) is 2.12. The average molecular weight is 228 g/mol. The Bertz CT molecular complexity index is 366. The molecule has 0 spiro atoms. The van der Waals surface area contributed by atoms with Gasteiger partial charge in [0.05, 0.1) is 11.7 Å². The van der Waals surface area contributed by atoms with Crippen molar-refractivity contribution in [2.75, 3.05) is 5.73 Å². The normalized spacial score (nSPS) is 12.2. The molecule has 0 aliphatic rings. The van der Waals surface area contributed by atoms with Crippen LogP contribution in [0.4, 0.5) is 5.69 Å². The van der Waals surface area contributed by atoms with Gasteiger partial charge in [-0.25, -0.2) is 4.79 Å². The van der Waals surface area contributed by atoms with E-state index >= 15 is 0 Å². The highest BCUT2D eigenvalue weighted by Gasteiger charge is 2.13. The molecule has 1 atom stereocenters. The lowest BCUT2D eigenvalue weighted by Gasteiger charge is -2.11. The first kappa shape index (κ1) is 11.9. The zero-order chi connectivity index (χ0) is 11.4. The summed E-state index contributed by atoms with van der Waals surface area (Å²) in [4.78, 5) is 11.6. The summed E-state index contributed by atoms with van der Waals surface area (Å²) < 4.78 is 5.14. The number of halogens is 1. The molecule has 0 radical (unpaired) electrons. The Morgan fingerprint density at radius 1 is 1.60 bits per heavy atom. The molecule has 0 saturated heterocycles. The maximum absolute atomic E-state index is 11.6. The Balaban J connectivity index is 2.82. The monoisotopic (exact) mass is 227 g/mol. The van der Waals surface area contributed by atoms with E-state index in [1.165, 1.54) is 6.07 Å². The Morgan fingerprint density at radius 2 is 2.27 bits per heavy atom. The van der Waals surface area contributed by atoms with Crippen molar-refractivity contribution >= 4 is 23.3 Å². The molecule has 2 N–H and O–H groups in total. The maximum Gasteiger partial charge on any atom is 0.340 e. The molecule has 1 rings (SSSR count). The maximum atomic E-state index is 11.6. The number of ether oxygens (including phenoxy) is 1. The van der Waals surface area contributed by atoms with Gasteiger partial charge in [-0.3, -0.25) is 0 Å². The Morgan fingerprint density at radius 3 is 2.80 bits per heavy atom. The van der Waals surface area contributed by atoms with E-state index in [2.05, 4.69) is 0 Å². The minimum atomic E-state index is -0.404. The molecular weight excluding hydrogens is 214 g/mol. The van der Waals surface area contributed by atoms with Gasteiger partial charge in [0.15, 0.2) is 0 Å². The summed E-state index contributed by atoms with van der Waals surface area (Å²) >= 11 is 5.72. The van der Waals surface area contributed by atoms with E-state index in [0.29, 0.717) is 16.3 Å². The molecule has 0 amide bonds. The van der Waals surface area contributed by atoms with Crippen molar-refractivity contribution in [2.45, 2.75) is 26.4 Å². The van der Waals surface area contributed by atoms with Gasteiger partial charge in [0.2, 0.25) is 0 Å². The van der Waals surface area contributed by atoms with Crippen LogP contribution in [0.25, 0.3) is 0 Å². The molecule has 4 heteroatoms. The van der Waals surface area contributed by atoms with Gasteiger partial charge >= 0.3 is 5.97 Å². The van der Waals surface area contributed by atoms with Crippen LogP contribution in [0, 0.1) is 0 Å². The van der Waals surface area contributed by atoms with E-state index in [1.807, 2.05) is 13.8 Å². The number of rotatable bonds is 3. The van der Waals surface area contributed by atoms with E-state index in [0.717, 1.165) is 6.42 Å². The quantitative estimate of drug-likeness (QED) is 0.638. The summed E-state index contributed by atoms with van der Waals surface area (Å²) in [5.74, 6) is -0.404. The van der Waals surface area contributed by atoms with Crippen molar-refractivity contribution in [1.29, 1.82) is 0 Å². The lowest BCUT2D eigenvalue weighted by Crippen LogP contribution is -2.15. The molecule has 1 aromatic rings. The lowest BCUT2D eigenvalue weighted by atomic mass is 10.2. The van der Waals surface area contributed by atoms with Crippen molar-refractivity contribution in [3.63, 3.8) is 0 Å².